The fourth-order valence-corrected chi connectivity index (χ4v) is 2.40. The van der Waals surface area contributed by atoms with Gasteiger partial charge in [0.25, 0.3) is 0 Å². The monoisotopic (exact) mass is 277 g/mol. The third kappa shape index (κ3) is 2.72. The van der Waals surface area contributed by atoms with Crippen LogP contribution in [0.1, 0.15) is 18.2 Å². The second kappa shape index (κ2) is 5.68. The van der Waals surface area contributed by atoms with Crippen LogP contribution < -0.4 is 4.74 Å². The Balaban J connectivity index is 1.92. The number of hydrogen-bond acceptors (Lipinski definition) is 3. The summed E-state index contributed by atoms with van der Waals surface area (Å²) in [5.41, 5.74) is 2.66. The Hall–Kier alpha value is -2.80. The van der Waals surface area contributed by atoms with Gasteiger partial charge in [-0.25, -0.2) is 4.98 Å². The highest BCUT2D eigenvalue weighted by Crippen LogP contribution is 2.23. The van der Waals surface area contributed by atoms with Crippen LogP contribution in [0.5, 0.6) is 5.75 Å². The van der Waals surface area contributed by atoms with Crippen molar-refractivity contribution in [3.8, 4) is 11.8 Å². The number of nitrogens with zero attached hydrogens (tertiary/aromatic N) is 3. The van der Waals surface area contributed by atoms with Gasteiger partial charge in [0.2, 0.25) is 0 Å². The molecule has 0 fully saturated rings. The minimum absolute atomic E-state index is 0.447. The van der Waals surface area contributed by atoms with Gasteiger partial charge in [-0.15, -0.1) is 0 Å². The van der Waals surface area contributed by atoms with Crippen molar-refractivity contribution < 1.29 is 4.74 Å². The Morgan fingerprint density at radius 1 is 1.24 bits per heavy atom. The summed E-state index contributed by atoms with van der Waals surface area (Å²) in [4.78, 5) is 3.99. The molecule has 0 unspecified atom stereocenters. The molecular weight excluding hydrogens is 262 g/mol. The average Bonchev–Trinajstić information content (AvgIpc) is 2.90. The van der Waals surface area contributed by atoms with Crippen LogP contribution in [0.4, 0.5) is 0 Å². The van der Waals surface area contributed by atoms with E-state index in [1.165, 1.54) is 0 Å². The zero-order valence-corrected chi connectivity index (χ0v) is 11.8. The molecule has 2 aromatic heterocycles. The Morgan fingerprint density at radius 3 is 2.95 bits per heavy atom. The van der Waals surface area contributed by atoms with Gasteiger partial charge in [0.1, 0.15) is 17.5 Å². The summed E-state index contributed by atoms with van der Waals surface area (Å²) in [5.74, 6) is 0.887. The first-order valence-corrected chi connectivity index (χ1v) is 6.87. The van der Waals surface area contributed by atoms with E-state index in [9.17, 15) is 0 Å². The third-order valence-corrected chi connectivity index (χ3v) is 3.35. The molecule has 2 heterocycles. The summed E-state index contributed by atoms with van der Waals surface area (Å²) in [6.07, 6.45) is 3.72. The van der Waals surface area contributed by atoms with Crippen LogP contribution in [-0.2, 0) is 6.54 Å². The van der Waals surface area contributed by atoms with E-state index in [0.29, 0.717) is 18.8 Å². The Labute approximate surface area is 123 Å². The largest absolute Gasteiger partial charge is 0.494 e. The van der Waals surface area contributed by atoms with Gasteiger partial charge in [0.15, 0.2) is 0 Å². The average molecular weight is 277 g/mol. The smallest absolute Gasteiger partial charge is 0.140 e. The van der Waals surface area contributed by atoms with Crippen molar-refractivity contribution in [1.29, 1.82) is 5.26 Å². The molecule has 0 spiro atoms. The molecule has 0 saturated carbocycles. The normalized spacial score (nSPS) is 10.5. The van der Waals surface area contributed by atoms with Crippen molar-refractivity contribution >= 4 is 10.9 Å². The van der Waals surface area contributed by atoms with Crippen molar-refractivity contribution in [1.82, 2.24) is 9.55 Å². The van der Waals surface area contributed by atoms with Crippen LogP contribution in [0, 0.1) is 11.3 Å². The summed E-state index contributed by atoms with van der Waals surface area (Å²) in [6, 6.07) is 14.0. The maximum absolute atomic E-state index is 8.91. The Morgan fingerprint density at radius 2 is 2.14 bits per heavy atom. The van der Waals surface area contributed by atoms with Gasteiger partial charge in [-0.05, 0) is 48.9 Å². The molecule has 4 heteroatoms. The maximum Gasteiger partial charge on any atom is 0.140 e. The predicted octanol–water partition coefficient (Wildman–Crippen LogP) is 3.35. The minimum atomic E-state index is 0.447. The molecule has 21 heavy (non-hydrogen) atoms. The Kier molecular flexibility index (Phi) is 3.57. The first-order valence-electron chi connectivity index (χ1n) is 6.87. The number of benzene rings is 1. The zero-order valence-electron chi connectivity index (χ0n) is 11.8. The van der Waals surface area contributed by atoms with Crippen LogP contribution in [0.25, 0.3) is 10.9 Å². The zero-order chi connectivity index (χ0) is 14.7. The fourth-order valence-electron chi connectivity index (χ4n) is 2.40. The number of ether oxygens (including phenoxy) is 1. The molecule has 0 aliphatic heterocycles. The molecule has 1 aromatic carbocycles. The lowest BCUT2D eigenvalue weighted by Gasteiger charge is -2.07. The molecule has 0 bridgehead atoms. The summed E-state index contributed by atoms with van der Waals surface area (Å²) in [5, 5.41) is 10.1. The molecule has 3 aromatic rings. The molecule has 3 rings (SSSR count). The number of rotatable bonds is 4. The van der Waals surface area contributed by atoms with Gasteiger partial charge in [-0.1, -0.05) is 0 Å². The SMILES string of the molecule is CCOc1ccc2c(ccn2Cc2ccnc(C#N)c2)c1. The van der Waals surface area contributed by atoms with E-state index in [1.54, 1.807) is 6.20 Å². The first kappa shape index (κ1) is 13.2. The van der Waals surface area contributed by atoms with Gasteiger partial charge in [0, 0.05) is 29.8 Å². The predicted molar refractivity (Wildman–Crippen MR) is 81.2 cm³/mol. The van der Waals surface area contributed by atoms with Crippen molar-refractivity contribution in [2.45, 2.75) is 13.5 Å². The van der Waals surface area contributed by atoms with E-state index >= 15 is 0 Å². The van der Waals surface area contributed by atoms with E-state index < -0.39 is 0 Å². The van der Waals surface area contributed by atoms with Gasteiger partial charge in [-0.3, -0.25) is 0 Å². The second-order valence-corrected chi connectivity index (χ2v) is 4.76. The van der Waals surface area contributed by atoms with Crippen LogP contribution in [0.3, 0.4) is 0 Å². The lowest BCUT2D eigenvalue weighted by molar-refractivity contribution is 0.340. The second-order valence-electron chi connectivity index (χ2n) is 4.76. The van der Waals surface area contributed by atoms with Crippen molar-refractivity contribution in [2.24, 2.45) is 0 Å². The van der Waals surface area contributed by atoms with Crippen LogP contribution in [-0.4, -0.2) is 16.2 Å². The highest BCUT2D eigenvalue weighted by Gasteiger charge is 2.04. The standard InChI is InChI=1S/C17H15N3O/c1-2-21-16-3-4-17-14(10-16)6-8-20(17)12-13-5-7-19-15(9-13)11-18/h3-10H,2,12H2,1H3. The lowest BCUT2D eigenvalue weighted by atomic mass is 10.2. The third-order valence-electron chi connectivity index (χ3n) is 3.35. The number of fused-ring (bicyclic) bond motifs is 1. The van der Waals surface area contributed by atoms with Crippen LogP contribution in [0.2, 0.25) is 0 Å². The summed E-state index contributed by atoms with van der Waals surface area (Å²) in [7, 11) is 0. The Bertz CT molecular complexity index is 814. The van der Waals surface area contributed by atoms with E-state index in [2.05, 4.69) is 27.8 Å². The summed E-state index contributed by atoms with van der Waals surface area (Å²) >= 11 is 0. The number of aromatic nitrogens is 2. The van der Waals surface area contributed by atoms with Crippen molar-refractivity contribution in [3.05, 3.63) is 60.0 Å². The molecule has 0 atom stereocenters. The maximum atomic E-state index is 8.91. The fraction of sp³-hybridized carbons (Fsp3) is 0.176. The minimum Gasteiger partial charge on any atom is -0.494 e. The van der Waals surface area contributed by atoms with Crippen LogP contribution >= 0.6 is 0 Å². The van der Waals surface area contributed by atoms with Gasteiger partial charge in [-0.2, -0.15) is 5.26 Å². The van der Waals surface area contributed by atoms with E-state index in [1.807, 2.05) is 37.4 Å². The van der Waals surface area contributed by atoms with E-state index in [-0.39, 0.29) is 0 Å². The topological polar surface area (TPSA) is 50.8 Å². The van der Waals surface area contributed by atoms with Crippen molar-refractivity contribution in [3.63, 3.8) is 0 Å². The highest BCUT2D eigenvalue weighted by molar-refractivity contribution is 5.81. The number of pyridine rings is 1. The summed E-state index contributed by atoms with van der Waals surface area (Å²) < 4.78 is 7.67. The number of hydrogen-bond donors (Lipinski definition) is 0. The molecule has 0 saturated heterocycles. The van der Waals surface area contributed by atoms with E-state index in [0.717, 1.165) is 22.2 Å². The van der Waals surface area contributed by atoms with E-state index in [4.69, 9.17) is 10.00 Å². The first-order chi connectivity index (χ1) is 10.3. The number of nitriles is 1. The lowest BCUT2D eigenvalue weighted by Crippen LogP contribution is -1.99. The molecule has 0 aliphatic rings. The molecule has 0 radical (unpaired) electrons. The van der Waals surface area contributed by atoms with Crippen LogP contribution in [0.15, 0.2) is 48.8 Å². The molecule has 0 amide bonds. The summed E-state index contributed by atoms with van der Waals surface area (Å²) in [6.45, 7) is 3.36. The molecular formula is C17H15N3O. The van der Waals surface area contributed by atoms with Crippen molar-refractivity contribution in [2.75, 3.05) is 6.61 Å². The highest BCUT2D eigenvalue weighted by atomic mass is 16.5. The van der Waals surface area contributed by atoms with Gasteiger partial charge >= 0.3 is 0 Å². The quantitative estimate of drug-likeness (QED) is 0.734. The molecule has 104 valence electrons. The molecule has 0 aliphatic carbocycles. The van der Waals surface area contributed by atoms with Gasteiger partial charge < -0.3 is 9.30 Å². The molecule has 4 nitrogen and oxygen atoms in total. The molecule has 0 N–H and O–H groups in total. The van der Waals surface area contributed by atoms with Gasteiger partial charge in [0.05, 0.1) is 6.61 Å².